The number of carbonyl (C=O) groups is 2. The molecule has 7 atom stereocenters. The summed E-state index contributed by atoms with van der Waals surface area (Å²) in [5.41, 5.74) is -1.21. The lowest BCUT2D eigenvalue weighted by molar-refractivity contribution is -0.147. The zero-order valence-electron chi connectivity index (χ0n) is 16.1. The second kappa shape index (κ2) is 5.10. The molecule has 0 amide bonds. The Morgan fingerprint density at radius 3 is 2.70 bits per heavy atom. The molecule has 0 aromatic heterocycles. The molecule has 144 valence electrons. The average Bonchev–Trinajstić information content (AvgIpc) is 3.22. The van der Waals surface area contributed by atoms with E-state index in [0.29, 0.717) is 18.8 Å². The fourth-order valence-corrected chi connectivity index (χ4v) is 7.78. The van der Waals surface area contributed by atoms with Gasteiger partial charge in [-0.1, -0.05) is 19.4 Å². The number of aliphatic hydroxyl groups is 1. The van der Waals surface area contributed by atoms with Crippen LogP contribution < -0.4 is 0 Å². The summed E-state index contributed by atoms with van der Waals surface area (Å²) in [6.45, 7) is 4.00. The van der Waals surface area contributed by atoms with Crippen LogP contribution >= 0.6 is 0 Å². The number of fused-ring (bicyclic) bond motifs is 6. The first kappa shape index (κ1) is 17.6. The molecule has 5 nitrogen and oxygen atoms in total. The van der Waals surface area contributed by atoms with Gasteiger partial charge in [-0.05, 0) is 55.4 Å². The predicted molar refractivity (Wildman–Crippen MR) is 96.3 cm³/mol. The van der Waals surface area contributed by atoms with Crippen molar-refractivity contribution < 1.29 is 19.4 Å². The van der Waals surface area contributed by atoms with E-state index < -0.39 is 11.2 Å². The van der Waals surface area contributed by atoms with E-state index in [4.69, 9.17) is 4.74 Å². The fraction of sp³-hybridized carbons (Fsp3) is 0.773. The van der Waals surface area contributed by atoms with Crippen LogP contribution in [-0.4, -0.2) is 34.5 Å². The number of nitriles is 1. The molecule has 4 fully saturated rings. The standard InChI is InChI=1S/C22H27NO4/c1-19-7-5-14(25)9-13(19)3-4-15-16-6-8-22(21(11-23,12-24)27-22)20(16,2)10-17(26)18(15)19/h9,15-16,18,24H,3-8,10,12H2,1-2H3/t15-,16-,18+,19-,20-,21?,22+/m0/s1. The lowest BCUT2D eigenvalue weighted by atomic mass is 9.46. The first-order chi connectivity index (χ1) is 12.8. The Labute approximate surface area is 159 Å². The Kier molecular flexibility index (Phi) is 3.32. The van der Waals surface area contributed by atoms with Crippen molar-refractivity contribution in [1.82, 2.24) is 0 Å². The quantitative estimate of drug-likeness (QED) is 0.718. The Morgan fingerprint density at radius 2 is 2.04 bits per heavy atom. The summed E-state index contributed by atoms with van der Waals surface area (Å²) in [6.07, 6.45) is 7.05. The molecule has 1 saturated heterocycles. The number of hydrogen-bond acceptors (Lipinski definition) is 5. The normalized spacial score (nSPS) is 53.3. The molecule has 3 saturated carbocycles. The molecule has 0 aromatic rings. The molecule has 5 rings (SSSR count). The van der Waals surface area contributed by atoms with Crippen LogP contribution in [0.1, 0.15) is 58.8 Å². The van der Waals surface area contributed by atoms with Gasteiger partial charge in [0, 0.05) is 24.2 Å². The number of ether oxygens (including phenoxy) is 1. The van der Waals surface area contributed by atoms with Crippen molar-refractivity contribution in [2.75, 3.05) is 6.61 Å². The second-order valence-electron chi connectivity index (χ2n) is 9.97. The minimum Gasteiger partial charge on any atom is -0.392 e. The maximum atomic E-state index is 13.5. The van der Waals surface area contributed by atoms with Crippen molar-refractivity contribution in [3.05, 3.63) is 11.6 Å². The summed E-state index contributed by atoms with van der Waals surface area (Å²) in [7, 11) is 0. The van der Waals surface area contributed by atoms with Crippen LogP contribution in [-0.2, 0) is 14.3 Å². The highest BCUT2D eigenvalue weighted by Gasteiger charge is 2.83. The van der Waals surface area contributed by atoms with Gasteiger partial charge in [-0.25, -0.2) is 0 Å². The van der Waals surface area contributed by atoms with Crippen LogP contribution in [0.3, 0.4) is 0 Å². The van der Waals surface area contributed by atoms with E-state index in [9.17, 15) is 20.0 Å². The Balaban J connectivity index is 1.55. The van der Waals surface area contributed by atoms with E-state index in [0.717, 1.165) is 32.1 Å². The lowest BCUT2D eigenvalue weighted by Crippen LogP contribution is -2.57. The minimum absolute atomic E-state index is 0.0248. The third-order valence-electron chi connectivity index (χ3n) is 9.14. The highest BCUT2D eigenvalue weighted by Crippen LogP contribution is 2.74. The summed E-state index contributed by atoms with van der Waals surface area (Å²) in [5.74, 6) is 1.05. The van der Waals surface area contributed by atoms with Crippen molar-refractivity contribution in [3.8, 4) is 6.07 Å². The molecule has 0 bridgehead atoms. The highest BCUT2D eigenvalue weighted by molar-refractivity contribution is 5.93. The van der Waals surface area contributed by atoms with Gasteiger partial charge in [-0.2, -0.15) is 5.26 Å². The van der Waals surface area contributed by atoms with Crippen LogP contribution in [0.15, 0.2) is 11.6 Å². The van der Waals surface area contributed by atoms with Crippen molar-refractivity contribution in [2.24, 2.45) is 28.6 Å². The van der Waals surface area contributed by atoms with Crippen molar-refractivity contribution >= 4 is 11.6 Å². The van der Waals surface area contributed by atoms with Gasteiger partial charge in [0.2, 0.25) is 5.60 Å². The van der Waals surface area contributed by atoms with Gasteiger partial charge < -0.3 is 9.84 Å². The summed E-state index contributed by atoms with van der Waals surface area (Å²) in [4.78, 5) is 25.4. The third kappa shape index (κ3) is 1.82. The maximum absolute atomic E-state index is 13.5. The van der Waals surface area contributed by atoms with Crippen molar-refractivity contribution in [2.45, 2.75) is 70.0 Å². The van der Waals surface area contributed by atoms with Crippen molar-refractivity contribution in [1.29, 1.82) is 5.26 Å². The van der Waals surface area contributed by atoms with E-state index in [1.165, 1.54) is 5.57 Å². The largest absolute Gasteiger partial charge is 0.392 e. The zero-order valence-corrected chi connectivity index (χ0v) is 16.1. The molecular formula is C22H27NO4. The van der Waals surface area contributed by atoms with Gasteiger partial charge in [0.1, 0.15) is 17.5 Å². The Morgan fingerprint density at radius 1 is 1.26 bits per heavy atom. The smallest absolute Gasteiger partial charge is 0.207 e. The summed E-state index contributed by atoms with van der Waals surface area (Å²) in [5, 5.41) is 19.5. The predicted octanol–water partition coefficient (Wildman–Crippen LogP) is 2.72. The van der Waals surface area contributed by atoms with Crippen LogP contribution in [0.2, 0.25) is 0 Å². The van der Waals surface area contributed by atoms with Crippen LogP contribution in [0.25, 0.3) is 0 Å². The molecule has 5 heteroatoms. The number of epoxide rings is 1. The molecule has 0 radical (unpaired) electrons. The number of hydrogen-bond donors (Lipinski definition) is 1. The Bertz CT molecular complexity index is 827. The van der Waals surface area contributed by atoms with E-state index in [1.54, 1.807) is 0 Å². The molecule has 4 aliphatic carbocycles. The molecule has 5 aliphatic rings. The molecule has 1 heterocycles. The van der Waals surface area contributed by atoms with Gasteiger partial charge in [-0.15, -0.1) is 0 Å². The summed E-state index contributed by atoms with van der Waals surface area (Å²) >= 11 is 0. The number of nitrogens with zero attached hydrogens (tertiary/aromatic N) is 1. The van der Waals surface area contributed by atoms with Gasteiger partial charge >= 0.3 is 0 Å². The number of carbonyl (C=O) groups excluding carboxylic acids is 2. The second-order valence-corrected chi connectivity index (χ2v) is 9.97. The molecule has 27 heavy (non-hydrogen) atoms. The fourth-order valence-electron chi connectivity index (χ4n) is 7.78. The van der Waals surface area contributed by atoms with Gasteiger partial charge in [-0.3, -0.25) is 9.59 Å². The first-order valence-electron chi connectivity index (χ1n) is 10.3. The van der Waals surface area contributed by atoms with Crippen LogP contribution in [0.5, 0.6) is 0 Å². The average molecular weight is 369 g/mol. The molecular weight excluding hydrogens is 342 g/mol. The molecule has 1 aliphatic heterocycles. The van der Waals surface area contributed by atoms with E-state index in [-0.39, 0.29) is 40.8 Å². The number of aliphatic hydroxyl groups excluding tert-OH is 1. The van der Waals surface area contributed by atoms with E-state index in [1.807, 2.05) is 6.08 Å². The number of Topliss-reactive ketones (excluding diaryl/α,β-unsaturated/α-hetero) is 1. The van der Waals surface area contributed by atoms with Crippen LogP contribution in [0, 0.1) is 39.9 Å². The van der Waals surface area contributed by atoms with Crippen molar-refractivity contribution in [3.63, 3.8) is 0 Å². The monoisotopic (exact) mass is 369 g/mol. The third-order valence-corrected chi connectivity index (χ3v) is 9.14. The Hall–Kier alpha value is -1.51. The first-order valence-corrected chi connectivity index (χ1v) is 10.3. The lowest BCUT2D eigenvalue weighted by Gasteiger charge is -2.56. The zero-order chi connectivity index (χ0) is 19.2. The van der Waals surface area contributed by atoms with E-state index in [2.05, 4.69) is 19.9 Å². The molecule has 1 N–H and O–H groups in total. The maximum Gasteiger partial charge on any atom is 0.207 e. The minimum atomic E-state index is -1.13. The topological polar surface area (TPSA) is 90.7 Å². The molecule has 1 unspecified atom stereocenters. The number of ketones is 2. The van der Waals surface area contributed by atoms with Gasteiger partial charge in [0.15, 0.2) is 5.78 Å². The SMILES string of the molecule is C[C@]12CCC(=O)C=C1CC[C@@H]1[C@@H]2C(=O)C[C@@]2(C)[C@H]1CC[C@@]21OC1(C#N)CO. The number of rotatable bonds is 1. The number of allylic oxidation sites excluding steroid dienone is 1. The highest BCUT2D eigenvalue weighted by atomic mass is 16.6. The summed E-state index contributed by atoms with van der Waals surface area (Å²) < 4.78 is 5.98. The van der Waals surface area contributed by atoms with Gasteiger partial charge in [0.05, 0.1) is 6.61 Å². The van der Waals surface area contributed by atoms with E-state index >= 15 is 0 Å². The van der Waals surface area contributed by atoms with Gasteiger partial charge in [0.25, 0.3) is 0 Å². The molecule has 0 aromatic carbocycles. The van der Waals surface area contributed by atoms with Crippen LogP contribution in [0.4, 0.5) is 0 Å². The molecule has 1 spiro atoms. The summed E-state index contributed by atoms with van der Waals surface area (Å²) in [6, 6.07) is 2.21.